The Bertz CT molecular complexity index is 850. The Kier molecular flexibility index (Phi) is 7.04. The van der Waals surface area contributed by atoms with Crippen LogP contribution in [0.4, 0.5) is 5.69 Å². The van der Waals surface area contributed by atoms with E-state index in [1.807, 2.05) is 0 Å². The van der Waals surface area contributed by atoms with E-state index >= 15 is 0 Å². The predicted octanol–water partition coefficient (Wildman–Crippen LogP) is 3.58. The van der Waals surface area contributed by atoms with Crippen LogP contribution in [0.2, 0.25) is 10.0 Å². The van der Waals surface area contributed by atoms with Crippen LogP contribution in [0.5, 0.6) is 5.75 Å². The lowest BCUT2D eigenvalue weighted by atomic mass is 10.1. The van der Waals surface area contributed by atoms with Gasteiger partial charge in [-0.05, 0) is 30.3 Å². The SMILES string of the molecule is COC(=O)c1cc(NC(=O)COc2ccc(Cl)c(Cl)c2)cc(C(=O)OC)c1. The molecule has 0 aromatic heterocycles. The van der Waals surface area contributed by atoms with E-state index in [2.05, 4.69) is 14.8 Å². The maximum absolute atomic E-state index is 12.1. The van der Waals surface area contributed by atoms with Crippen molar-refractivity contribution in [2.75, 3.05) is 26.1 Å². The number of carbonyl (C=O) groups is 3. The molecule has 0 radical (unpaired) electrons. The quantitative estimate of drug-likeness (QED) is 0.730. The highest BCUT2D eigenvalue weighted by molar-refractivity contribution is 6.42. The molecular formula is C18H15Cl2NO6. The third-order valence-electron chi connectivity index (χ3n) is 3.32. The van der Waals surface area contributed by atoms with Crippen molar-refractivity contribution in [2.45, 2.75) is 0 Å². The van der Waals surface area contributed by atoms with E-state index in [0.29, 0.717) is 15.8 Å². The van der Waals surface area contributed by atoms with Crippen molar-refractivity contribution >= 4 is 46.7 Å². The lowest BCUT2D eigenvalue weighted by Crippen LogP contribution is -2.21. The number of benzene rings is 2. The van der Waals surface area contributed by atoms with Crippen molar-refractivity contribution in [2.24, 2.45) is 0 Å². The molecule has 0 aliphatic heterocycles. The van der Waals surface area contributed by atoms with E-state index in [9.17, 15) is 14.4 Å². The van der Waals surface area contributed by atoms with Gasteiger partial charge in [0.2, 0.25) is 0 Å². The zero-order valence-corrected chi connectivity index (χ0v) is 15.9. The van der Waals surface area contributed by atoms with Crippen LogP contribution in [-0.4, -0.2) is 38.7 Å². The summed E-state index contributed by atoms with van der Waals surface area (Å²) < 4.78 is 14.6. The molecule has 7 nitrogen and oxygen atoms in total. The number of amides is 1. The van der Waals surface area contributed by atoms with Gasteiger partial charge in [-0.1, -0.05) is 23.2 Å². The van der Waals surface area contributed by atoms with Crippen LogP contribution in [0.1, 0.15) is 20.7 Å². The van der Waals surface area contributed by atoms with Gasteiger partial charge >= 0.3 is 11.9 Å². The van der Waals surface area contributed by atoms with Gasteiger partial charge in [-0.15, -0.1) is 0 Å². The van der Waals surface area contributed by atoms with Gasteiger partial charge in [-0.2, -0.15) is 0 Å². The molecule has 0 unspecified atom stereocenters. The van der Waals surface area contributed by atoms with E-state index in [1.165, 1.54) is 38.5 Å². The fraction of sp³-hybridized carbons (Fsp3) is 0.167. The molecule has 0 aliphatic rings. The fourth-order valence-electron chi connectivity index (χ4n) is 2.08. The number of esters is 2. The average molecular weight is 412 g/mol. The lowest BCUT2D eigenvalue weighted by Gasteiger charge is -2.10. The molecule has 2 rings (SSSR count). The van der Waals surface area contributed by atoms with Gasteiger partial charge in [0.15, 0.2) is 6.61 Å². The van der Waals surface area contributed by atoms with Crippen LogP contribution < -0.4 is 10.1 Å². The molecule has 1 amide bonds. The Labute approximate surface area is 165 Å². The summed E-state index contributed by atoms with van der Waals surface area (Å²) in [7, 11) is 2.41. The van der Waals surface area contributed by atoms with Crippen LogP contribution in [0, 0.1) is 0 Å². The molecule has 2 aromatic rings. The summed E-state index contributed by atoms with van der Waals surface area (Å²) >= 11 is 11.7. The Morgan fingerprint density at radius 2 is 1.48 bits per heavy atom. The van der Waals surface area contributed by atoms with Gasteiger partial charge in [0, 0.05) is 11.8 Å². The smallest absolute Gasteiger partial charge is 0.337 e. The Balaban J connectivity index is 2.12. The highest BCUT2D eigenvalue weighted by atomic mass is 35.5. The zero-order valence-electron chi connectivity index (χ0n) is 14.4. The highest BCUT2D eigenvalue weighted by Crippen LogP contribution is 2.26. The molecule has 27 heavy (non-hydrogen) atoms. The molecule has 0 saturated carbocycles. The number of methoxy groups -OCH3 is 2. The minimum atomic E-state index is -0.664. The standard InChI is InChI=1S/C18H15Cl2NO6/c1-25-17(23)10-5-11(18(24)26-2)7-12(6-10)21-16(22)9-27-13-3-4-14(19)15(20)8-13/h3-8H,9H2,1-2H3,(H,21,22). The van der Waals surface area contributed by atoms with Gasteiger partial charge in [0.1, 0.15) is 5.75 Å². The maximum atomic E-state index is 12.1. The molecule has 0 heterocycles. The van der Waals surface area contributed by atoms with Crippen LogP contribution in [0.3, 0.4) is 0 Å². The molecule has 0 atom stereocenters. The Hall–Kier alpha value is -2.77. The van der Waals surface area contributed by atoms with Crippen LogP contribution in [0.15, 0.2) is 36.4 Å². The minimum absolute atomic E-state index is 0.0844. The number of hydrogen-bond acceptors (Lipinski definition) is 6. The summed E-state index contributed by atoms with van der Waals surface area (Å²) in [5.41, 5.74) is 0.378. The van der Waals surface area contributed by atoms with Gasteiger partial charge in [0.25, 0.3) is 5.91 Å². The first-order chi connectivity index (χ1) is 12.8. The molecule has 9 heteroatoms. The summed E-state index contributed by atoms with van der Waals surface area (Å²) in [5, 5.41) is 3.20. The van der Waals surface area contributed by atoms with Gasteiger partial charge in [-0.3, -0.25) is 4.79 Å². The second-order valence-electron chi connectivity index (χ2n) is 5.19. The highest BCUT2D eigenvalue weighted by Gasteiger charge is 2.15. The van der Waals surface area contributed by atoms with Crippen molar-refractivity contribution in [1.82, 2.24) is 0 Å². The number of carbonyl (C=O) groups excluding carboxylic acids is 3. The van der Waals surface area contributed by atoms with Crippen LogP contribution in [0.25, 0.3) is 0 Å². The molecule has 1 N–H and O–H groups in total. The maximum Gasteiger partial charge on any atom is 0.337 e. The summed E-state index contributed by atoms with van der Waals surface area (Å²) in [6, 6.07) is 8.63. The Morgan fingerprint density at radius 1 is 0.889 bits per heavy atom. The van der Waals surface area contributed by atoms with E-state index in [1.54, 1.807) is 12.1 Å². The van der Waals surface area contributed by atoms with Crippen molar-refractivity contribution in [1.29, 1.82) is 0 Å². The zero-order chi connectivity index (χ0) is 20.0. The summed E-state index contributed by atoms with van der Waals surface area (Å²) in [6.07, 6.45) is 0. The molecule has 0 saturated heterocycles. The van der Waals surface area contributed by atoms with Gasteiger partial charge in [0.05, 0.1) is 35.4 Å². The second kappa shape index (κ2) is 9.25. The largest absolute Gasteiger partial charge is 0.484 e. The minimum Gasteiger partial charge on any atom is -0.484 e. The predicted molar refractivity (Wildman–Crippen MR) is 99.7 cm³/mol. The number of anilines is 1. The third kappa shape index (κ3) is 5.60. The number of rotatable bonds is 6. The van der Waals surface area contributed by atoms with E-state index in [0.717, 1.165) is 0 Å². The lowest BCUT2D eigenvalue weighted by molar-refractivity contribution is -0.118. The normalized spacial score (nSPS) is 10.1. The van der Waals surface area contributed by atoms with E-state index < -0.39 is 17.8 Å². The number of nitrogens with one attached hydrogen (secondary N) is 1. The number of hydrogen-bond donors (Lipinski definition) is 1. The van der Waals surface area contributed by atoms with Gasteiger partial charge in [-0.25, -0.2) is 9.59 Å². The fourth-order valence-corrected chi connectivity index (χ4v) is 2.37. The first-order valence-corrected chi connectivity index (χ1v) is 8.29. The van der Waals surface area contributed by atoms with Crippen molar-refractivity contribution in [3.05, 3.63) is 57.6 Å². The second-order valence-corrected chi connectivity index (χ2v) is 6.01. The van der Waals surface area contributed by atoms with Crippen LogP contribution in [-0.2, 0) is 14.3 Å². The van der Waals surface area contributed by atoms with Crippen molar-refractivity contribution < 1.29 is 28.6 Å². The monoisotopic (exact) mass is 411 g/mol. The molecular weight excluding hydrogens is 397 g/mol. The molecule has 0 aliphatic carbocycles. The molecule has 2 aromatic carbocycles. The van der Waals surface area contributed by atoms with Gasteiger partial charge < -0.3 is 19.5 Å². The average Bonchev–Trinajstić information content (AvgIpc) is 2.67. The molecule has 142 valence electrons. The summed E-state index contributed by atoms with van der Waals surface area (Å²) in [5.74, 6) is -1.48. The summed E-state index contributed by atoms with van der Waals surface area (Å²) in [6.45, 7) is -0.325. The molecule has 0 spiro atoms. The van der Waals surface area contributed by atoms with Crippen molar-refractivity contribution in [3.8, 4) is 5.75 Å². The first kappa shape index (κ1) is 20.5. The topological polar surface area (TPSA) is 90.9 Å². The summed E-state index contributed by atoms with van der Waals surface area (Å²) in [4.78, 5) is 35.6. The first-order valence-electron chi connectivity index (χ1n) is 7.53. The molecule has 0 bridgehead atoms. The van der Waals surface area contributed by atoms with Crippen molar-refractivity contribution in [3.63, 3.8) is 0 Å². The van der Waals surface area contributed by atoms with E-state index in [-0.39, 0.29) is 23.4 Å². The number of ether oxygens (including phenoxy) is 3. The number of halogens is 2. The van der Waals surface area contributed by atoms with Crippen LogP contribution >= 0.6 is 23.2 Å². The molecule has 0 fully saturated rings. The Morgan fingerprint density at radius 3 is 2.00 bits per heavy atom. The third-order valence-corrected chi connectivity index (χ3v) is 4.06. The van der Waals surface area contributed by atoms with E-state index in [4.69, 9.17) is 27.9 Å².